The van der Waals surface area contributed by atoms with E-state index >= 15 is 0 Å². The standard InChI is InChI=1S/C18H19N3O2/c1-3-5-13-12-14(6-7-15(13)19-2)16(22)8-9-17(23)18-20-10-4-11-21-18/h3-7,10-12,19H,8-9H2,1-2H3/b5-3+. The van der Waals surface area contributed by atoms with Crippen LogP contribution in [0.3, 0.4) is 0 Å². The van der Waals surface area contributed by atoms with Crippen molar-refractivity contribution in [2.75, 3.05) is 12.4 Å². The summed E-state index contributed by atoms with van der Waals surface area (Å²) in [5, 5.41) is 3.09. The van der Waals surface area contributed by atoms with Crippen LogP contribution >= 0.6 is 0 Å². The number of ketones is 2. The Morgan fingerprint density at radius 2 is 1.83 bits per heavy atom. The van der Waals surface area contributed by atoms with Gasteiger partial charge < -0.3 is 5.32 Å². The Morgan fingerprint density at radius 3 is 2.48 bits per heavy atom. The zero-order chi connectivity index (χ0) is 16.7. The van der Waals surface area contributed by atoms with E-state index in [1.54, 1.807) is 12.1 Å². The van der Waals surface area contributed by atoms with Crippen molar-refractivity contribution in [2.24, 2.45) is 0 Å². The van der Waals surface area contributed by atoms with Gasteiger partial charge in [0.15, 0.2) is 17.4 Å². The first-order valence-corrected chi connectivity index (χ1v) is 7.43. The molecule has 1 N–H and O–H groups in total. The number of allylic oxidation sites excluding steroid dienone is 1. The van der Waals surface area contributed by atoms with Gasteiger partial charge in [0.05, 0.1) is 0 Å². The lowest BCUT2D eigenvalue weighted by molar-refractivity contribution is 0.0912. The fourth-order valence-corrected chi connectivity index (χ4v) is 2.21. The molecule has 0 aliphatic carbocycles. The van der Waals surface area contributed by atoms with Crippen LogP contribution in [0.5, 0.6) is 0 Å². The van der Waals surface area contributed by atoms with Gasteiger partial charge in [-0.2, -0.15) is 0 Å². The van der Waals surface area contributed by atoms with Gasteiger partial charge in [0.25, 0.3) is 0 Å². The molecule has 1 heterocycles. The van der Waals surface area contributed by atoms with Crippen LogP contribution in [0.15, 0.2) is 42.7 Å². The second-order valence-electron chi connectivity index (χ2n) is 4.97. The molecule has 0 radical (unpaired) electrons. The Labute approximate surface area is 135 Å². The number of benzene rings is 1. The average Bonchev–Trinajstić information content (AvgIpc) is 2.60. The molecule has 2 aromatic rings. The normalized spacial score (nSPS) is 10.7. The van der Waals surface area contributed by atoms with E-state index in [0.29, 0.717) is 5.56 Å². The maximum absolute atomic E-state index is 12.3. The van der Waals surface area contributed by atoms with Gasteiger partial charge in [-0.05, 0) is 36.8 Å². The molecule has 0 unspecified atom stereocenters. The summed E-state index contributed by atoms with van der Waals surface area (Å²) in [5.74, 6) is -0.136. The molecular formula is C18H19N3O2. The van der Waals surface area contributed by atoms with Crippen LogP contribution in [-0.2, 0) is 0 Å². The number of hydrogen-bond acceptors (Lipinski definition) is 5. The molecule has 1 aromatic heterocycles. The lowest BCUT2D eigenvalue weighted by Crippen LogP contribution is -2.08. The molecule has 0 bridgehead atoms. The predicted molar refractivity (Wildman–Crippen MR) is 90.6 cm³/mol. The quantitative estimate of drug-likeness (QED) is 0.794. The first-order chi connectivity index (χ1) is 11.2. The maximum Gasteiger partial charge on any atom is 0.200 e. The van der Waals surface area contributed by atoms with Crippen molar-refractivity contribution in [1.29, 1.82) is 0 Å². The molecule has 23 heavy (non-hydrogen) atoms. The Morgan fingerprint density at radius 1 is 1.13 bits per heavy atom. The van der Waals surface area contributed by atoms with Gasteiger partial charge in [-0.25, -0.2) is 9.97 Å². The largest absolute Gasteiger partial charge is 0.388 e. The summed E-state index contributed by atoms with van der Waals surface area (Å²) in [4.78, 5) is 32.1. The monoisotopic (exact) mass is 309 g/mol. The molecule has 0 spiro atoms. The van der Waals surface area contributed by atoms with Crippen molar-refractivity contribution in [2.45, 2.75) is 19.8 Å². The molecule has 1 aromatic carbocycles. The topological polar surface area (TPSA) is 72.0 Å². The highest BCUT2D eigenvalue weighted by Crippen LogP contribution is 2.20. The summed E-state index contributed by atoms with van der Waals surface area (Å²) in [6.07, 6.45) is 7.14. The molecule has 0 saturated carbocycles. The van der Waals surface area contributed by atoms with Gasteiger partial charge in [0.2, 0.25) is 0 Å². The lowest BCUT2D eigenvalue weighted by Gasteiger charge is -2.08. The SMILES string of the molecule is C/C=C/c1cc(C(=O)CCC(=O)c2ncccn2)ccc1NC. The summed E-state index contributed by atoms with van der Waals surface area (Å²) >= 11 is 0. The summed E-state index contributed by atoms with van der Waals surface area (Å²) in [6.45, 7) is 1.92. The van der Waals surface area contributed by atoms with E-state index in [0.717, 1.165) is 11.3 Å². The number of anilines is 1. The van der Waals surface area contributed by atoms with E-state index in [1.807, 2.05) is 38.3 Å². The molecule has 5 nitrogen and oxygen atoms in total. The van der Waals surface area contributed by atoms with Crippen molar-refractivity contribution in [3.8, 4) is 0 Å². The summed E-state index contributed by atoms with van der Waals surface area (Å²) in [5.41, 5.74) is 2.49. The van der Waals surface area contributed by atoms with Gasteiger partial charge in [0, 0.05) is 43.5 Å². The van der Waals surface area contributed by atoms with Gasteiger partial charge in [-0.15, -0.1) is 0 Å². The Bertz CT molecular complexity index is 724. The van der Waals surface area contributed by atoms with E-state index in [9.17, 15) is 9.59 Å². The fourth-order valence-electron chi connectivity index (χ4n) is 2.21. The van der Waals surface area contributed by atoms with E-state index in [-0.39, 0.29) is 30.2 Å². The minimum absolute atomic E-state index is 0.0670. The van der Waals surface area contributed by atoms with Crippen LogP contribution in [0.4, 0.5) is 5.69 Å². The van der Waals surface area contributed by atoms with Crippen LogP contribution in [-0.4, -0.2) is 28.6 Å². The first-order valence-electron chi connectivity index (χ1n) is 7.43. The maximum atomic E-state index is 12.3. The number of nitrogens with one attached hydrogen (secondary N) is 1. The van der Waals surface area contributed by atoms with Crippen LogP contribution in [0.1, 0.15) is 46.3 Å². The van der Waals surface area contributed by atoms with Crippen molar-refractivity contribution in [3.63, 3.8) is 0 Å². The van der Waals surface area contributed by atoms with E-state index in [2.05, 4.69) is 15.3 Å². The zero-order valence-electron chi connectivity index (χ0n) is 13.2. The Balaban J connectivity index is 2.06. The Kier molecular flexibility index (Phi) is 5.74. The number of carbonyl (C=O) groups excluding carboxylic acids is 2. The minimum Gasteiger partial charge on any atom is -0.388 e. The zero-order valence-corrected chi connectivity index (χ0v) is 13.2. The third-order valence-electron chi connectivity index (χ3n) is 3.38. The van der Waals surface area contributed by atoms with E-state index in [4.69, 9.17) is 0 Å². The van der Waals surface area contributed by atoms with Crippen molar-refractivity contribution in [1.82, 2.24) is 9.97 Å². The Hall–Kier alpha value is -2.82. The van der Waals surface area contributed by atoms with Gasteiger partial charge in [-0.3, -0.25) is 9.59 Å². The number of aromatic nitrogens is 2. The smallest absolute Gasteiger partial charge is 0.200 e. The molecule has 118 valence electrons. The second-order valence-corrected chi connectivity index (χ2v) is 4.97. The molecule has 0 atom stereocenters. The van der Waals surface area contributed by atoms with Crippen molar-refractivity contribution >= 4 is 23.3 Å². The number of carbonyl (C=O) groups is 2. The highest BCUT2D eigenvalue weighted by molar-refractivity contribution is 6.01. The number of rotatable bonds is 7. The fraction of sp³-hybridized carbons (Fsp3) is 0.222. The van der Waals surface area contributed by atoms with E-state index < -0.39 is 0 Å². The first kappa shape index (κ1) is 16.5. The highest BCUT2D eigenvalue weighted by atomic mass is 16.1. The highest BCUT2D eigenvalue weighted by Gasteiger charge is 2.13. The van der Waals surface area contributed by atoms with Crippen molar-refractivity contribution in [3.05, 3.63) is 59.7 Å². The van der Waals surface area contributed by atoms with Gasteiger partial charge in [0.1, 0.15) is 0 Å². The molecule has 5 heteroatoms. The summed E-state index contributed by atoms with van der Waals surface area (Å²) < 4.78 is 0. The van der Waals surface area contributed by atoms with Crippen LogP contribution < -0.4 is 5.32 Å². The minimum atomic E-state index is -0.223. The van der Waals surface area contributed by atoms with Crippen LogP contribution in [0.2, 0.25) is 0 Å². The second kappa shape index (κ2) is 7.98. The molecule has 2 rings (SSSR count). The molecule has 0 amide bonds. The van der Waals surface area contributed by atoms with Gasteiger partial charge in [-0.1, -0.05) is 12.2 Å². The predicted octanol–water partition coefficient (Wildman–Crippen LogP) is 3.40. The lowest BCUT2D eigenvalue weighted by atomic mass is 10.0. The molecule has 0 aliphatic heterocycles. The molecule has 0 fully saturated rings. The number of nitrogens with zero attached hydrogens (tertiary/aromatic N) is 2. The molecule has 0 saturated heterocycles. The summed E-state index contributed by atoms with van der Waals surface area (Å²) in [7, 11) is 1.84. The number of hydrogen-bond donors (Lipinski definition) is 1. The van der Waals surface area contributed by atoms with Crippen molar-refractivity contribution < 1.29 is 9.59 Å². The molecule has 0 aliphatic rings. The molecular weight excluding hydrogens is 290 g/mol. The van der Waals surface area contributed by atoms with Crippen LogP contribution in [0.25, 0.3) is 6.08 Å². The van der Waals surface area contributed by atoms with E-state index in [1.165, 1.54) is 12.4 Å². The number of Topliss-reactive ketones (excluding diaryl/α,β-unsaturated/α-hetero) is 2. The third-order valence-corrected chi connectivity index (χ3v) is 3.38. The third kappa shape index (κ3) is 4.32. The van der Waals surface area contributed by atoms with Gasteiger partial charge >= 0.3 is 0 Å². The average molecular weight is 309 g/mol. The summed E-state index contributed by atoms with van der Waals surface area (Å²) in [6, 6.07) is 7.11. The van der Waals surface area contributed by atoms with Crippen LogP contribution in [0, 0.1) is 0 Å².